The lowest BCUT2D eigenvalue weighted by Gasteiger charge is -2.34. The summed E-state index contributed by atoms with van der Waals surface area (Å²) in [6, 6.07) is 7.61. The number of amides is 1. The Hall–Kier alpha value is -2.80. The number of anilines is 1. The molecule has 0 spiro atoms. The molecule has 25 heavy (non-hydrogen) atoms. The number of para-hydroxylation sites is 2. The summed E-state index contributed by atoms with van der Waals surface area (Å²) in [7, 11) is 0. The van der Waals surface area contributed by atoms with Crippen LogP contribution < -0.4 is 9.64 Å². The van der Waals surface area contributed by atoms with E-state index in [-0.39, 0.29) is 12.0 Å². The summed E-state index contributed by atoms with van der Waals surface area (Å²) in [5.74, 6) is 0.610. The molecule has 6 nitrogen and oxygen atoms in total. The monoisotopic (exact) mass is 352 g/mol. The van der Waals surface area contributed by atoms with Gasteiger partial charge in [0.2, 0.25) is 0 Å². The van der Waals surface area contributed by atoms with Crippen LogP contribution in [0.25, 0.3) is 10.7 Å². The first-order chi connectivity index (χ1) is 12.3. The van der Waals surface area contributed by atoms with E-state index in [0.717, 1.165) is 17.9 Å². The Labute approximate surface area is 149 Å². The fourth-order valence-corrected chi connectivity index (χ4v) is 3.49. The van der Waals surface area contributed by atoms with Gasteiger partial charge in [0.25, 0.3) is 5.91 Å². The van der Waals surface area contributed by atoms with E-state index in [2.05, 4.69) is 21.9 Å². The summed E-state index contributed by atoms with van der Waals surface area (Å²) in [5.41, 5.74) is 1.86. The largest absolute Gasteiger partial charge is 0.486 e. The fourth-order valence-electron chi connectivity index (χ4n) is 2.74. The lowest BCUT2D eigenvalue weighted by Crippen LogP contribution is -2.43. The summed E-state index contributed by atoms with van der Waals surface area (Å²) in [6.07, 6.45) is 5.68. The van der Waals surface area contributed by atoms with E-state index in [4.69, 9.17) is 4.74 Å². The van der Waals surface area contributed by atoms with Gasteiger partial charge in [0.1, 0.15) is 28.2 Å². The molecule has 0 fully saturated rings. The summed E-state index contributed by atoms with van der Waals surface area (Å²) in [5, 5.41) is 2.45. The van der Waals surface area contributed by atoms with E-state index in [0.29, 0.717) is 22.9 Å². The minimum atomic E-state index is -0.124. The van der Waals surface area contributed by atoms with Gasteiger partial charge in [-0.2, -0.15) is 0 Å². The van der Waals surface area contributed by atoms with Gasteiger partial charge in [0.15, 0.2) is 0 Å². The van der Waals surface area contributed by atoms with Crippen molar-refractivity contribution in [2.45, 2.75) is 19.4 Å². The third-order valence-corrected chi connectivity index (χ3v) is 4.91. The van der Waals surface area contributed by atoms with Crippen molar-refractivity contribution < 1.29 is 9.53 Å². The van der Waals surface area contributed by atoms with Crippen molar-refractivity contribution in [3.63, 3.8) is 0 Å². The minimum Gasteiger partial charge on any atom is -0.486 e. The highest BCUT2D eigenvalue weighted by Crippen LogP contribution is 2.35. The van der Waals surface area contributed by atoms with E-state index >= 15 is 0 Å². The molecule has 0 bridgehead atoms. The van der Waals surface area contributed by atoms with Crippen molar-refractivity contribution in [2.24, 2.45) is 0 Å². The van der Waals surface area contributed by atoms with Gasteiger partial charge in [0, 0.05) is 17.8 Å². The summed E-state index contributed by atoms with van der Waals surface area (Å²) in [4.78, 5) is 27.5. The van der Waals surface area contributed by atoms with Crippen molar-refractivity contribution in [3.05, 3.63) is 53.9 Å². The van der Waals surface area contributed by atoms with Crippen LogP contribution in [0.3, 0.4) is 0 Å². The Bertz CT molecular complexity index is 897. The third-order valence-electron chi connectivity index (χ3n) is 4.04. The second-order valence-electron chi connectivity index (χ2n) is 5.66. The molecule has 0 unspecified atom stereocenters. The molecule has 126 valence electrons. The molecular weight excluding hydrogens is 336 g/mol. The number of ether oxygens (including phenoxy) is 1. The molecule has 0 saturated carbocycles. The maximum Gasteiger partial charge on any atom is 0.278 e. The van der Waals surface area contributed by atoms with Gasteiger partial charge in [-0.15, -0.1) is 11.3 Å². The van der Waals surface area contributed by atoms with Crippen molar-refractivity contribution >= 4 is 22.9 Å². The Balaban J connectivity index is 1.66. The number of carbonyl (C=O) groups excluding carboxylic acids is 1. The number of aromatic nitrogens is 3. The van der Waals surface area contributed by atoms with Crippen LogP contribution in [0.15, 0.2) is 48.2 Å². The van der Waals surface area contributed by atoms with Crippen LogP contribution in [-0.2, 0) is 0 Å². The lowest BCUT2D eigenvalue weighted by molar-refractivity contribution is 0.0950. The Kier molecular flexibility index (Phi) is 4.15. The number of hydrogen-bond donors (Lipinski definition) is 0. The number of thiazole rings is 1. The van der Waals surface area contributed by atoms with Crippen molar-refractivity contribution in [2.75, 3.05) is 11.4 Å². The van der Waals surface area contributed by atoms with E-state index in [1.54, 1.807) is 28.9 Å². The van der Waals surface area contributed by atoms with Gasteiger partial charge in [0.05, 0.1) is 18.4 Å². The van der Waals surface area contributed by atoms with Crippen molar-refractivity contribution in [1.82, 2.24) is 15.0 Å². The SMILES string of the molecule is CC[C@H]1CN(C(=O)c2csc(-c3cnccn3)n2)c2ccccc2O1. The zero-order valence-electron chi connectivity index (χ0n) is 13.6. The van der Waals surface area contributed by atoms with Crippen LogP contribution in [0.2, 0.25) is 0 Å². The highest BCUT2D eigenvalue weighted by atomic mass is 32.1. The number of fused-ring (bicyclic) bond motifs is 1. The zero-order chi connectivity index (χ0) is 17.2. The van der Waals surface area contributed by atoms with Crippen LogP contribution in [0.1, 0.15) is 23.8 Å². The molecule has 7 heteroatoms. The number of nitrogens with zero attached hydrogens (tertiary/aromatic N) is 4. The predicted octanol–water partition coefficient (Wildman–Crippen LogP) is 3.42. The van der Waals surface area contributed by atoms with Gasteiger partial charge >= 0.3 is 0 Å². The highest BCUT2D eigenvalue weighted by Gasteiger charge is 2.30. The van der Waals surface area contributed by atoms with Gasteiger partial charge in [-0.3, -0.25) is 19.7 Å². The maximum atomic E-state index is 13.0. The van der Waals surface area contributed by atoms with Crippen LogP contribution >= 0.6 is 11.3 Å². The molecule has 4 rings (SSSR count). The molecule has 1 aromatic carbocycles. The van der Waals surface area contributed by atoms with Gasteiger partial charge in [-0.25, -0.2) is 4.98 Å². The summed E-state index contributed by atoms with van der Waals surface area (Å²) in [6.45, 7) is 2.57. The average Bonchev–Trinajstić information content (AvgIpc) is 3.17. The molecular formula is C18H16N4O2S. The van der Waals surface area contributed by atoms with Crippen LogP contribution in [0.5, 0.6) is 5.75 Å². The van der Waals surface area contributed by atoms with Crippen LogP contribution in [-0.4, -0.2) is 33.5 Å². The van der Waals surface area contributed by atoms with E-state index in [9.17, 15) is 4.79 Å². The molecule has 0 N–H and O–H groups in total. The summed E-state index contributed by atoms with van der Waals surface area (Å²) >= 11 is 1.39. The Morgan fingerprint density at radius 2 is 2.24 bits per heavy atom. The minimum absolute atomic E-state index is 0.0167. The zero-order valence-corrected chi connectivity index (χ0v) is 14.4. The molecule has 0 saturated heterocycles. The van der Waals surface area contributed by atoms with Gasteiger partial charge < -0.3 is 4.74 Å². The van der Waals surface area contributed by atoms with E-state index in [1.807, 2.05) is 24.3 Å². The number of benzene rings is 1. The van der Waals surface area contributed by atoms with Gasteiger partial charge in [-0.1, -0.05) is 19.1 Å². The standard InChI is InChI=1S/C18H16N4O2S/c1-2-12-10-22(15-5-3-4-6-16(15)24-12)18(23)14-11-25-17(21-14)13-9-19-7-8-20-13/h3-9,11-12H,2,10H2,1H3/t12-/m0/s1. The first kappa shape index (κ1) is 15.7. The molecule has 1 atom stereocenters. The van der Waals surface area contributed by atoms with Crippen molar-refractivity contribution in [3.8, 4) is 16.5 Å². The molecule has 1 amide bonds. The van der Waals surface area contributed by atoms with Crippen LogP contribution in [0, 0.1) is 0 Å². The number of hydrogen-bond acceptors (Lipinski definition) is 6. The maximum absolute atomic E-state index is 13.0. The first-order valence-corrected chi connectivity index (χ1v) is 8.93. The number of rotatable bonds is 3. The quantitative estimate of drug-likeness (QED) is 0.722. The lowest BCUT2D eigenvalue weighted by atomic mass is 10.1. The molecule has 1 aliphatic rings. The highest BCUT2D eigenvalue weighted by molar-refractivity contribution is 7.13. The topological polar surface area (TPSA) is 68.2 Å². The predicted molar refractivity (Wildman–Crippen MR) is 96.0 cm³/mol. The molecule has 3 aromatic rings. The molecule has 1 aliphatic heterocycles. The van der Waals surface area contributed by atoms with E-state index < -0.39 is 0 Å². The van der Waals surface area contributed by atoms with E-state index in [1.165, 1.54) is 11.3 Å². The molecule has 0 aliphatic carbocycles. The van der Waals surface area contributed by atoms with Crippen molar-refractivity contribution in [1.29, 1.82) is 0 Å². The molecule has 0 radical (unpaired) electrons. The molecule has 3 heterocycles. The fraction of sp³-hybridized carbons (Fsp3) is 0.222. The normalized spacial score (nSPS) is 16.2. The second kappa shape index (κ2) is 6.60. The third kappa shape index (κ3) is 2.98. The first-order valence-electron chi connectivity index (χ1n) is 8.05. The smallest absolute Gasteiger partial charge is 0.278 e. The average molecular weight is 352 g/mol. The molecule has 2 aromatic heterocycles. The van der Waals surface area contributed by atoms with Crippen LogP contribution in [0.4, 0.5) is 5.69 Å². The van der Waals surface area contributed by atoms with Gasteiger partial charge in [-0.05, 0) is 18.6 Å². The Morgan fingerprint density at radius 1 is 1.36 bits per heavy atom. The summed E-state index contributed by atoms with van der Waals surface area (Å²) < 4.78 is 5.94. The number of carbonyl (C=O) groups is 1. The Morgan fingerprint density at radius 3 is 3.04 bits per heavy atom. The second-order valence-corrected chi connectivity index (χ2v) is 6.52.